The summed E-state index contributed by atoms with van der Waals surface area (Å²) in [7, 11) is 0. The average Bonchev–Trinajstić information content (AvgIpc) is 2.84. The van der Waals surface area contributed by atoms with Crippen molar-refractivity contribution in [2.75, 3.05) is 6.61 Å². The lowest BCUT2D eigenvalue weighted by Crippen LogP contribution is -2.46. The Morgan fingerprint density at radius 3 is 2.25 bits per heavy atom. The third-order valence-electron chi connectivity index (χ3n) is 4.29. The van der Waals surface area contributed by atoms with Gasteiger partial charge in [0, 0.05) is 5.92 Å². The van der Waals surface area contributed by atoms with Gasteiger partial charge in [-0.05, 0) is 60.8 Å². The molecule has 0 spiro atoms. The predicted molar refractivity (Wildman–Crippen MR) is 87.5 cm³/mol. The van der Waals surface area contributed by atoms with E-state index in [-0.39, 0.29) is 42.4 Å². The predicted octanol–water partition coefficient (Wildman–Crippen LogP) is 3.46. The van der Waals surface area contributed by atoms with Gasteiger partial charge in [-0.1, -0.05) is 0 Å². The SMILES string of the molecule is CC(C)(C)OC1CCC(C2COC(=O)O2)CC1OC(=O)C(C)(C)C. The van der Waals surface area contributed by atoms with Gasteiger partial charge in [-0.3, -0.25) is 4.79 Å². The molecular weight excluding hydrogens is 312 g/mol. The summed E-state index contributed by atoms with van der Waals surface area (Å²) in [5.41, 5.74) is -0.880. The lowest BCUT2D eigenvalue weighted by Gasteiger charge is -2.40. The van der Waals surface area contributed by atoms with Crippen LogP contribution in [0.15, 0.2) is 0 Å². The largest absolute Gasteiger partial charge is 0.508 e. The van der Waals surface area contributed by atoms with Gasteiger partial charge < -0.3 is 18.9 Å². The summed E-state index contributed by atoms with van der Waals surface area (Å²) in [4.78, 5) is 23.5. The first-order valence-electron chi connectivity index (χ1n) is 8.68. The van der Waals surface area contributed by atoms with Crippen LogP contribution in [0.25, 0.3) is 0 Å². The summed E-state index contributed by atoms with van der Waals surface area (Å²) >= 11 is 0. The zero-order valence-electron chi connectivity index (χ0n) is 15.6. The minimum Gasteiger partial charge on any atom is -0.459 e. The van der Waals surface area contributed by atoms with E-state index >= 15 is 0 Å². The van der Waals surface area contributed by atoms with Crippen LogP contribution >= 0.6 is 0 Å². The zero-order valence-corrected chi connectivity index (χ0v) is 15.6. The quantitative estimate of drug-likeness (QED) is 0.732. The van der Waals surface area contributed by atoms with Gasteiger partial charge in [0.2, 0.25) is 0 Å². The minimum absolute atomic E-state index is 0.119. The van der Waals surface area contributed by atoms with Gasteiger partial charge in [-0.15, -0.1) is 0 Å². The summed E-state index contributed by atoms with van der Waals surface area (Å²) in [6.07, 6.45) is 0.868. The van der Waals surface area contributed by atoms with E-state index in [1.54, 1.807) is 0 Å². The fourth-order valence-corrected chi connectivity index (χ4v) is 3.07. The number of carbonyl (C=O) groups excluding carboxylic acids is 2. The normalized spacial score (nSPS) is 31.3. The van der Waals surface area contributed by atoms with Crippen LogP contribution in [0.5, 0.6) is 0 Å². The van der Waals surface area contributed by atoms with Crippen molar-refractivity contribution in [3.8, 4) is 0 Å². The summed E-state index contributed by atoms with van der Waals surface area (Å²) in [6, 6.07) is 0. The maximum Gasteiger partial charge on any atom is 0.508 e. The molecule has 0 amide bonds. The number of cyclic esters (lactones) is 2. The van der Waals surface area contributed by atoms with E-state index in [1.807, 2.05) is 41.5 Å². The molecule has 1 saturated carbocycles. The Morgan fingerprint density at radius 1 is 1.08 bits per heavy atom. The van der Waals surface area contributed by atoms with Crippen molar-refractivity contribution in [3.63, 3.8) is 0 Å². The highest BCUT2D eigenvalue weighted by atomic mass is 16.8. The van der Waals surface area contributed by atoms with Crippen molar-refractivity contribution in [2.24, 2.45) is 11.3 Å². The maximum atomic E-state index is 12.3. The van der Waals surface area contributed by atoms with Gasteiger partial charge in [0.1, 0.15) is 18.8 Å². The number of hydrogen-bond acceptors (Lipinski definition) is 6. The second-order valence-electron chi connectivity index (χ2n) is 8.75. The summed E-state index contributed by atoms with van der Waals surface area (Å²) in [6.45, 7) is 11.8. The Labute approximate surface area is 144 Å². The van der Waals surface area contributed by atoms with Gasteiger partial charge in [-0.25, -0.2) is 4.79 Å². The van der Waals surface area contributed by atoms with Gasteiger partial charge in [-0.2, -0.15) is 0 Å². The van der Waals surface area contributed by atoms with E-state index in [1.165, 1.54) is 0 Å². The van der Waals surface area contributed by atoms with Crippen molar-refractivity contribution in [2.45, 2.75) is 84.7 Å². The number of rotatable bonds is 3. The highest BCUT2D eigenvalue weighted by Gasteiger charge is 2.43. The number of ether oxygens (including phenoxy) is 4. The van der Waals surface area contributed by atoms with Gasteiger partial charge >= 0.3 is 12.1 Å². The fourth-order valence-electron chi connectivity index (χ4n) is 3.07. The van der Waals surface area contributed by atoms with E-state index in [0.717, 1.165) is 12.8 Å². The van der Waals surface area contributed by atoms with Crippen molar-refractivity contribution in [1.29, 1.82) is 0 Å². The topological polar surface area (TPSA) is 71.1 Å². The van der Waals surface area contributed by atoms with E-state index < -0.39 is 11.6 Å². The average molecular weight is 342 g/mol. The van der Waals surface area contributed by atoms with Crippen LogP contribution in [0.1, 0.15) is 60.8 Å². The van der Waals surface area contributed by atoms with Gasteiger partial charge in [0.05, 0.1) is 17.1 Å². The Balaban J connectivity index is 2.07. The molecular formula is C18H30O6. The number of carbonyl (C=O) groups is 2. The lowest BCUT2D eigenvalue weighted by atomic mass is 9.81. The lowest BCUT2D eigenvalue weighted by molar-refractivity contribution is -0.184. The van der Waals surface area contributed by atoms with Crippen LogP contribution in [0.2, 0.25) is 0 Å². The summed E-state index contributed by atoms with van der Waals surface area (Å²) in [5.74, 6) is -0.121. The highest BCUT2D eigenvalue weighted by Crippen LogP contribution is 2.36. The van der Waals surface area contributed by atoms with E-state index in [2.05, 4.69) is 0 Å². The molecule has 0 aromatic heterocycles. The fraction of sp³-hybridized carbons (Fsp3) is 0.889. The molecule has 1 aliphatic heterocycles. The molecule has 6 heteroatoms. The van der Waals surface area contributed by atoms with Crippen LogP contribution in [0.3, 0.4) is 0 Å². The molecule has 138 valence electrons. The second kappa shape index (κ2) is 6.90. The minimum atomic E-state index is -0.615. The molecule has 4 atom stereocenters. The molecule has 2 fully saturated rings. The van der Waals surface area contributed by atoms with Crippen molar-refractivity contribution in [3.05, 3.63) is 0 Å². The Kier molecular flexibility index (Phi) is 5.47. The monoisotopic (exact) mass is 342 g/mol. The molecule has 1 aliphatic carbocycles. The molecule has 0 bridgehead atoms. The Hall–Kier alpha value is -1.30. The molecule has 0 radical (unpaired) electrons. The van der Waals surface area contributed by atoms with Gasteiger partial charge in [0.25, 0.3) is 0 Å². The summed E-state index contributed by atoms with van der Waals surface area (Å²) < 4.78 is 22.0. The Morgan fingerprint density at radius 2 is 1.75 bits per heavy atom. The zero-order chi connectivity index (χ0) is 18.1. The first-order chi connectivity index (χ1) is 11.0. The van der Waals surface area contributed by atoms with E-state index in [0.29, 0.717) is 6.42 Å². The van der Waals surface area contributed by atoms with E-state index in [9.17, 15) is 9.59 Å². The van der Waals surface area contributed by atoms with Crippen LogP contribution in [-0.4, -0.2) is 42.6 Å². The smallest absolute Gasteiger partial charge is 0.459 e. The second-order valence-corrected chi connectivity index (χ2v) is 8.75. The van der Waals surface area contributed by atoms with E-state index in [4.69, 9.17) is 18.9 Å². The van der Waals surface area contributed by atoms with Crippen LogP contribution in [0, 0.1) is 11.3 Å². The van der Waals surface area contributed by atoms with Crippen molar-refractivity contribution < 1.29 is 28.5 Å². The Bertz CT molecular complexity index is 473. The van der Waals surface area contributed by atoms with Crippen LogP contribution in [0.4, 0.5) is 4.79 Å². The molecule has 6 nitrogen and oxygen atoms in total. The third-order valence-corrected chi connectivity index (χ3v) is 4.29. The molecule has 2 rings (SSSR count). The molecule has 4 unspecified atom stereocenters. The highest BCUT2D eigenvalue weighted by molar-refractivity contribution is 5.75. The molecule has 1 saturated heterocycles. The number of hydrogen-bond donors (Lipinski definition) is 0. The maximum absolute atomic E-state index is 12.3. The summed E-state index contributed by atoms with van der Waals surface area (Å²) in [5, 5.41) is 0. The third kappa shape index (κ3) is 5.10. The molecule has 0 aromatic carbocycles. The molecule has 0 N–H and O–H groups in total. The van der Waals surface area contributed by atoms with Crippen LogP contribution in [-0.2, 0) is 23.7 Å². The first-order valence-corrected chi connectivity index (χ1v) is 8.68. The molecule has 24 heavy (non-hydrogen) atoms. The molecule has 2 aliphatic rings. The van der Waals surface area contributed by atoms with Gasteiger partial charge in [0.15, 0.2) is 0 Å². The number of esters is 1. The standard InChI is InChI=1S/C18H30O6/c1-17(2,3)15(19)22-13-9-11(14-10-21-16(20)23-14)7-8-12(13)24-18(4,5)6/h11-14H,7-10H2,1-6H3. The molecule has 1 heterocycles. The van der Waals surface area contributed by atoms with Crippen molar-refractivity contribution in [1.82, 2.24) is 0 Å². The van der Waals surface area contributed by atoms with Crippen molar-refractivity contribution >= 4 is 12.1 Å². The first kappa shape index (κ1) is 19.0. The van der Waals surface area contributed by atoms with Crippen LogP contribution < -0.4 is 0 Å². The molecule has 0 aromatic rings.